The first kappa shape index (κ1) is 5.78. The summed E-state index contributed by atoms with van der Waals surface area (Å²) in [6.07, 6.45) is 0. The summed E-state index contributed by atoms with van der Waals surface area (Å²) < 4.78 is 0. The van der Waals surface area contributed by atoms with Gasteiger partial charge in [-0.2, -0.15) is 0 Å². The number of hydrogen-bond donors (Lipinski definition) is 0. The summed E-state index contributed by atoms with van der Waals surface area (Å²) in [6.45, 7) is 0. The summed E-state index contributed by atoms with van der Waals surface area (Å²) in [6, 6.07) is 0. The Morgan fingerprint density at radius 3 is 1.50 bits per heavy atom. The third-order valence-corrected chi connectivity index (χ3v) is 0. The van der Waals surface area contributed by atoms with E-state index in [4.69, 9.17) is 0 Å². The second-order valence-corrected chi connectivity index (χ2v) is 16.9. The quantitative estimate of drug-likeness (QED) is 0.429. The summed E-state index contributed by atoms with van der Waals surface area (Å²) >= 11 is 7.39. The molecule has 0 heterocycles. The third-order valence-electron chi connectivity index (χ3n) is 0. The van der Waals surface area contributed by atoms with Gasteiger partial charge in [0.1, 0.15) is 0 Å². The Morgan fingerprint density at radius 1 is 1.50 bits per heavy atom. The van der Waals surface area contributed by atoms with Gasteiger partial charge in [-0.15, -0.1) is 0 Å². The van der Waals surface area contributed by atoms with E-state index in [1.54, 1.807) is 0 Å². The summed E-state index contributed by atoms with van der Waals surface area (Å²) in [5.41, 5.74) is 0. The van der Waals surface area contributed by atoms with Crippen molar-refractivity contribution in [3.8, 4) is 0 Å². The molecule has 4 heavy (non-hydrogen) atoms. The van der Waals surface area contributed by atoms with Gasteiger partial charge in [0.25, 0.3) is 0 Å². The van der Waals surface area contributed by atoms with Crippen LogP contribution in [-0.4, -0.2) is 8.85 Å². The molecular weight excluding hydrogens is 195 g/mol. The SMILES string of the molecule is [SiH3][Mn]([Fe])[Fe]. The molecule has 0 fully saturated rings. The van der Waals surface area contributed by atoms with Crippen molar-refractivity contribution in [3.63, 3.8) is 0 Å². The summed E-state index contributed by atoms with van der Waals surface area (Å²) in [5, 5.41) is 0. The van der Waals surface area contributed by atoms with Crippen LogP contribution in [0.25, 0.3) is 0 Å². The summed E-state index contributed by atoms with van der Waals surface area (Å²) in [7, 11) is 0.974. The molecule has 0 aliphatic heterocycles. The third kappa shape index (κ3) is 9.23. The van der Waals surface area contributed by atoms with Crippen molar-refractivity contribution in [2.75, 3.05) is 0 Å². The molecular formula is H3Fe2MnSi. The molecule has 0 aliphatic carbocycles. The summed E-state index contributed by atoms with van der Waals surface area (Å²) in [5.74, 6) is 0. The van der Waals surface area contributed by atoms with Crippen molar-refractivity contribution in [3.05, 3.63) is 0 Å². The predicted molar refractivity (Wildman–Crippen MR) is 9.94 cm³/mol. The maximum atomic E-state index is 3.69. The fourth-order valence-corrected chi connectivity index (χ4v) is 0. The molecule has 0 unspecified atom stereocenters. The van der Waals surface area contributed by atoms with Gasteiger partial charge in [-0.3, -0.25) is 0 Å². The first-order chi connectivity index (χ1) is 1.73. The van der Waals surface area contributed by atoms with Gasteiger partial charge in [-0.05, 0) is 0 Å². The van der Waals surface area contributed by atoms with Crippen LogP contribution in [0, 0.1) is 0 Å². The molecule has 0 saturated heterocycles. The summed E-state index contributed by atoms with van der Waals surface area (Å²) in [4.78, 5) is 0. The van der Waals surface area contributed by atoms with E-state index in [9.17, 15) is 0 Å². The minimum atomic E-state index is -0.257. The van der Waals surface area contributed by atoms with E-state index in [2.05, 4.69) is 28.4 Å². The standard InChI is InChI=1S/2Fe.Mn.H3Si/h;;;1H3. The van der Waals surface area contributed by atoms with Gasteiger partial charge < -0.3 is 0 Å². The van der Waals surface area contributed by atoms with Crippen molar-refractivity contribution < 1.29 is 38.0 Å². The zero-order chi connectivity index (χ0) is 3.58. The molecule has 0 nitrogen and oxygen atoms in total. The van der Waals surface area contributed by atoms with Crippen LogP contribution in [0.15, 0.2) is 0 Å². The van der Waals surface area contributed by atoms with E-state index in [1.165, 1.54) is 8.85 Å². The molecule has 0 atom stereocenters. The average molecular weight is 198 g/mol. The van der Waals surface area contributed by atoms with Gasteiger partial charge in [-0.1, -0.05) is 0 Å². The molecule has 0 spiro atoms. The second-order valence-electron chi connectivity index (χ2n) is 0.315. The van der Waals surface area contributed by atoms with Crippen molar-refractivity contribution in [2.24, 2.45) is 0 Å². The first-order valence-electron chi connectivity index (χ1n) is 0.645. The molecule has 0 bridgehead atoms. The molecule has 0 radical (unpaired) electrons. The molecule has 0 aromatic heterocycles. The number of hydrogen-bond acceptors (Lipinski definition) is 0. The van der Waals surface area contributed by atoms with Crippen LogP contribution >= 0.6 is 0 Å². The molecule has 0 saturated carbocycles. The Hall–Kier alpha value is 1.78. The predicted octanol–water partition coefficient (Wildman–Crippen LogP) is -1.19. The van der Waals surface area contributed by atoms with Crippen LogP contribution in [0.5, 0.6) is 0 Å². The van der Waals surface area contributed by atoms with Crippen LogP contribution in [-0.2, 0) is 38.0 Å². The van der Waals surface area contributed by atoms with Crippen LogP contribution in [0.1, 0.15) is 0 Å². The van der Waals surface area contributed by atoms with Gasteiger partial charge in [0.2, 0.25) is 0 Å². The van der Waals surface area contributed by atoms with Crippen LogP contribution in [0.2, 0.25) is 0 Å². The Labute approximate surface area is 46.6 Å². The van der Waals surface area contributed by atoms with Gasteiger partial charge in [0.05, 0.1) is 0 Å². The van der Waals surface area contributed by atoms with E-state index in [0.29, 0.717) is 0 Å². The van der Waals surface area contributed by atoms with Crippen LogP contribution in [0.4, 0.5) is 0 Å². The topological polar surface area (TPSA) is 0 Å². The van der Waals surface area contributed by atoms with E-state index < -0.39 is 0 Å². The van der Waals surface area contributed by atoms with Gasteiger partial charge in [-0.25, -0.2) is 0 Å². The Kier molecular flexibility index (Phi) is 4.31. The van der Waals surface area contributed by atoms with Gasteiger partial charge in [0, 0.05) is 0 Å². The van der Waals surface area contributed by atoms with Crippen molar-refractivity contribution in [1.82, 2.24) is 0 Å². The van der Waals surface area contributed by atoms with Gasteiger partial charge >= 0.3 is 46.8 Å². The monoisotopic (exact) mass is 198 g/mol. The Bertz CT molecular complexity index is 10.8. The molecule has 0 aliphatic rings. The maximum absolute atomic E-state index is 3.69. The normalized spacial score (nSPS) is 12.0. The fourth-order valence-electron chi connectivity index (χ4n) is 0. The zero-order valence-corrected chi connectivity index (χ0v) is 7.47. The molecule has 0 amide bonds. The van der Waals surface area contributed by atoms with E-state index in [-0.39, 0.29) is 9.61 Å². The Morgan fingerprint density at radius 2 is 1.50 bits per heavy atom. The van der Waals surface area contributed by atoms with E-state index in [1.807, 2.05) is 0 Å². The van der Waals surface area contributed by atoms with Crippen LogP contribution in [0.3, 0.4) is 0 Å². The van der Waals surface area contributed by atoms with Crippen molar-refractivity contribution in [1.29, 1.82) is 0 Å². The molecule has 4 heteroatoms. The van der Waals surface area contributed by atoms with E-state index in [0.717, 1.165) is 0 Å². The van der Waals surface area contributed by atoms with E-state index >= 15 is 0 Å². The molecule has 0 N–H and O–H groups in total. The first-order valence-corrected chi connectivity index (χ1v) is 9.22. The number of rotatable bonds is 0. The van der Waals surface area contributed by atoms with Crippen LogP contribution < -0.4 is 0 Å². The van der Waals surface area contributed by atoms with Crippen molar-refractivity contribution >= 4 is 8.85 Å². The Balaban J connectivity index is 2.32. The average Bonchev–Trinajstić information content (AvgIpc) is 0.811. The second kappa shape index (κ2) is 2.98. The van der Waals surface area contributed by atoms with Crippen molar-refractivity contribution in [2.45, 2.75) is 0 Å². The van der Waals surface area contributed by atoms with Gasteiger partial charge in [0.15, 0.2) is 0 Å². The molecule has 0 aromatic rings. The fraction of sp³-hybridized carbons (Fsp3) is 0. The minimum absolute atomic E-state index is 0.257. The molecule has 0 rings (SSSR count). The molecule has 30 valence electrons. The zero-order valence-electron chi connectivity index (χ0n) is 2.09. The molecule has 0 aromatic carbocycles.